The number of nitrogens with one attached hydrogen (secondary N) is 1. The van der Waals surface area contributed by atoms with Crippen LogP contribution in [0.25, 0.3) is 0 Å². The number of hydrogen-bond acceptors (Lipinski definition) is 3. The second kappa shape index (κ2) is 4.65. The molecule has 0 fully saturated rings. The highest BCUT2D eigenvalue weighted by Gasteiger charge is 2.19. The molecule has 0 aromatic rings. The van der Waals surface area contributed by atoms with Crippen LogP contribution in [0.2, 0.25) is 25.7 Å². The lowest BCUT2D eigenvalue weighted by Crippen LogP contribution is -2.32. The molecule has 1 atom stereocenters. The molecule has 0 amide bonds. The standard InChI is InChI=1S/C5H15NO4S2Si/c1-13(2,3)5-4-12(9,10)6-11(7)8/h6H,4-5H2,1-3H3,(H,7,8). The van der Waals surface area contributed by atoms with Gasteiger partial charge in [-0.2, -0.15) is 0 Å². The highest BCUT2D eigenvalue weighted by atomic mass is 32.3. The van der Waals surface area contributed by atoms with Crippen LogP contribution in [0, 0.1) is 0 Å². The lowest BCUT2D eigenvalue weighted by atomic mass is 11.0. The number of sulfonamides is 1. The SMILES string of the molecule is C[Si](C)(C)CCS(=O)(=O)NS(=O)O. The van der Waals surface area contributed by atoms with Crippen LogP contribution in [0.4, 0.5) is 0 Å². The Labute approximate surface area is 82.4 Å². The van der Waals surface area contributed by atoms with Gasteiger partial charge < -0.3 is 0 Å². The highest BCUT2D eigenvalue weighted by molar-refractivity contribution is 8.00. The van der Waals surface area contributed by atoms with Crippen molar-refractivity contribution in [2.24, 2.45) is 0 Å². The largest absolute Gasteiger partial charge is 0.293 e. The molecule has 5 nitrogen and oxygen atoms in total. The van der Waals surface area contributed by atoms with Gasteiger partial charge in [-0.15, -0.1) is 4.13 Å². The molecule has 0 heterocycles. The predicted molar refractivity (Wildman–Crippen MR) is 55.8 cm³/mol. The summed E-state index contributed by atoms with van der Waals surface area (Å²) >= 11 is -2.49. The molecule has 2 N–H and O–H groups in total. The average Bonchev–Trinajstić information content (AvgIpc) is 1.79. The zero-order valence-corrected chi connectivity index (χ0v) is 10.5. The molecule has 1 unspecified atom stereocenters. The van der Waals surface area contributed by atoms with E-state index in [9.17, 15) is 12.6 Å². The molecule has 0 aliphatic carbocycles. The van der Waals surface area contributed by atoms with Gasteiger partial charge in [0.05, 0.1) is 5.75 Å². The Morgan fingerprint density at radius 2 is 1.85 bits per heavy atom. The van der Waals surface area contributed by atoms with E-state index in [2.05, 4.69) is 0 Å². The van der Waals surface area contributed by atoms with Crippen LogP contribution >= 0.6 is 0 Å². The van der Waals surface area contributed by atoms with E-state index in [4.69, 9.17) is 4.55 Å². The van der Waals surface area contributed by atoms with Crippen molar-refractivity contribution < 1.29 is 17.2 Å². The van der Waals surface area contributed by atoms with Crippen molar-refractivity contribution in [1.82, 2.24) is 4.13 Å². The van der Waals surface area contributed by atoms with Crippen LogP contribution in [0.15, 0.2) is 0 Å². The first kappa shape index (κ1) is 13.2. The number of rotatable bonds is 5. The van der Waals surface area contributed by atoms with E-state index in [1.165, 1.54) is 0 Å². The Morgan fingerprint density at radius 3 is 2.15 bits per heavy atom. The molecule has 8 heteroatoms. The summed E-state index contributed by atoms with van der Waals surface area (Å²) in [6, 6.07) is 0.583. The molecule has 0 aromatic heterocycles. The van der Waals surface area contributed by atoms with Gasteiger partial charge in [0.25, 0.3) is 0 Å². The summed E-state index contributed by atoms with van der Waals surface area (Å²) in [6.07, 6.45) is 0. The van der Waals surface area contributed by atoms with Gasteiger partial charge in [0.1, 0.15) is 0 Å². The normalized spacial score (nSPS) is 15.7. The summed E-state index contributed by atoms with van der Waals surface area (Å²) in [6.45, 7) is 6.12. The van der Waals surface area contributed by atoms with Gasteiger partial charge >= 0.3 is 0 Å². The van der Waals surface area contributed by atoms with Crippen molar-refractivity contribution in [3.63, 3.8) is 0 Å². The highest BCUT2D eigenvalue weighted by Crippen LogP contribution is 2.09. The summed E-state index contributed by atoms with van der Waals surface area (Å²) in [5, 5.41) is 0. The fourth-order valence-corrected chi connectivity index (χ4v) is 5.32. The van der Waals surface area contributed by atoms with E-state index < -0.39 is 29.4 Å². The Kier molecular flexibility index (Phi) is 4.73. The molecule has 0 radical (unpaired) electrons. The van der Waals surface area contributed by atoms with Gasteiger partial charge in [0, 0.05) is 8.07 Å². The van der Waals surface area contributed by atoms with Gasteiger partial charge in [-0.05, 0) is 6.04 Å². The predicted octanol–water partition coefficient (Wildman–Crippen LogP) is 0.381. The van der Waals surface area contributed by atoms with Crippen LogP contribution in [0.5, 0.6) is 0 Å². The van der Waals surface area contributed by atoms with E-state index in [1.807, 2.05) is 19.6 Å². The number of hydrogen-bond donors (Lipinski definition) is 2. The molecule has 0 aliphatic heterocycles. The lowest BCUT2D eigenvalue weighted by Gasteiger charge is -2.14. The van der Waals surface area contributed by atoms with Crippen molar-refractivity contribution in [3.8, 4) is 0 Å². The summed E-state index contributed by atoms with van der Waals surface area (Å²) in [4.78, 5) is 0. The van der Waals surface area contributed by atoms with Crippen LogP contribution in [0.1, 0.15) is 0 Å². The smallest absolute Gasteiger partial charge is 0.245 e. The zero-order valence-electron chi connectivity index (χ0n) is 7.90. The van der Waals surface area contributed by atoms with E-state index >= 15 is 0 Å². The maximum Gasteiger partial charge on any atom is 0.245 e. The van der Waals surface area contributed by atoms with Crippen LogP contribution in [-0.4, -0.2) is 31.0 Å². The maximum atomic E-state index is 11.0. The Morgan fingerprint density at radius 1 is 1.38 bits per heavy atom. The minimum Gasteiger partial charge on any atom is -0.293 e. The van der Waals surface area contributed by atoms with Crippen LogP contribution < -0.4 is 4.13 Å². The first-order valence-corrected chi connectivity index (χ1v) is 10.2. The van der Waals surface area contributed by atoms with E-state index in [0.717, 1.165) is 0 Å². The zero-order chi connectivity index (χ0) is 10.7. The quantitative estimate of drug-likeness (QED) is 0.542. The topological polar surface area (TPSA) is 83.5 Å². The van der Waals surface area contributed by atoms with Crippen LogP contribution in [0.3, 0.4) is 0 Å². The van der Waals surface area contributed by atoms with Gasteiger partial charge in [0.2, 0.25) is 21.3 Å². The molecule has 0 rings (SSSR count). The monoisotopic (exact) mass is 245 g/mol. The van der Waals surface area contributed by atoms with Crippen molar-refractivity contribution in [2.75, 3.05) is 5.75 Å². The first-order chi connectivity index (χ1) is 5.62. The van der Waals surface area contributed by atoms with Crippen molar-refractivity contribution in [1.29, 1.82) is 0 Å². The summed E-state index contributed by atoms with van der Waals surface area (Å²) in [7, 11) is -5.00. The van der Waals surface area contributed by atoms with Crippen molar-refractivity contribution in [3.05, 3.63) is 0 Å². The second-order valence-corrected chi connectivity index (χ2v) is 12.4. The minimum atomic E-state index is -3.58. The molecule has 0 spiro atoms. The maximum absolute atomic E-state index is 11.0. The third-order valence-corrected chi connectivity index (χ3v) is 5.76. The molecule has 0 bridgehead atoms. The molecular formula is C5H15NO4S2Si. The fourth-order valence-electron chi connectivity index (χ4n) is 0.591. The van der Waals surface area contributed by atoms with Crippen molar-refractivity contribution >= 4 is 29.4 Å². The van der Waals surface area contributed by atoms with Gasteiger partial charge in [-0.25, -0.2) is 12.6 Å². The minimum absolute atomic E-state index is 0.0744. The molecule has 0 saturated carbocycles. The van der Waals surface area contributed by atoms with E-state index in [1.54, 1.807) is 4.13 Å². The Balaban J connectivity index is 4.13. The van der Waals surface area contributed by atoms with Gasteiger partial charge in [0.15, 0.2) is 0 Å². The van der Waals surface area contributed by atoms with E-state index in [-0.39, 0.29) is 5.75 Å². The molecule has 0 aliphatic rings. The van der Waals surface area contributed by atoms with Crippen LogP contribution in [-0.2, 0) is 21.3 Å². The third kappa shape index (κ3) is 8.56. The van der Waals surface area contributed by atoms with Gasteiger partial charge in [-0.3, -0.25) is 4.55 Å². The third-order valence-electron chi connectivity index (χ3n) is 1.32. The Hall–Kier alpha value is 0.237. The summed E-state index contributed by atoms with van der Waals surface area (Å²) in [5.74, 6) is -0.0744. The van der Waals surface area contributed by atoms with Gasteiger partial charge in [-0.1, -0.05) is 19.6 Å². The fraction of sp³-hybridized carbons (Fsp3) is 1.00. The average molecular weight is 245 g/mol. The summed E-state index contributed by atoms with van der Waals surface area (Å²) < 4.78 is 42.2. The lowest BCUT2D eigenvalue weighted by molar-refractivity contribution is 0.554. The Bertz CT molecular complexity index is 281. The molecule has 0 aromatic carbocycles. The molecule has 80 valence electrons. The van der Waals surface area contributed by atoms with E-state index in [0.29, 0.717) is 6.04 Å². The molecular weight excluding hydrogens is 230 g/mol. The summed E-state index contributed by atoms with van der Waals surface area (Å²) in [5.41, 5.74) is 0. The van der Waals surface area contributed by atoms with Crippen molar-refractivity contribution in [2.45, 2.75) is 25.7 Å². The first-order valence-electron chi connectivity index (χ1n) is 3.73. The molecule has 13 heavy (non-hydrogen) atoms. The second-order valence-electron chi connectivity index (χ2n) is 3.96. The molecule has 0 saturated heterocycles.